The van der Waals surface area contributed by atoms with Gasteiger partial charge in [0.1, 0.15) is 11.2 Å². The summed E-state index contributed by atoms with van der Waals surface area (Å²) in [4.78, 5) is 11.5. The lowest BCUT2D eigenvalue weighted by Gasteiger charge is -2.31. The molecule has 5 rings (SSSR count). The van der Waals surface area contributed by atoms with Gasteiger partial charge in [0.15, 0.2) is 0 Å². The second kappa shape index (κ2) is 13.5. The highest BCUT2D eigenvalue weighted by Gasteiger charge is 2.29. The van der Waals surface area contributed by atoms with E-state index < -0.39 is 19.1 Å². The summed E-state index contributed by atoms with van der Waals surface area (Å²) in [5.74, 6) is 0. The van der Waals surface area contributed by atoms with E-state index in [4.69, 9.17) is 9.78 Å². The summed E-state index contributed by atoms with van der Waals surface area (Å²) in [7, 11) is -0.446. The van der Waals surface area contributed by atoms with E-state index in [0.29, 0.717) is 0 Å². The van der Waals surface area contributed by atoms with Crippen molar-refractivity contribution in [2.45, 2.75) is 38.9 Å². The molecule has 0 saturated heterocycles. The molecule has 0 spiro atoms. The molecule has 3 heteroatoms. The van der Waals surface area contributed by atoms with Crippen molar-refractivity contribution >= 4 is 23.8 Å². The van der Waals surface area contributed by atoms with Gasteiger partial charge in [0.2, 0.25) is 0 Å². The molecule has 0 amide bonds. The monoisotopic (exact) mass is 532 g/mol. The van der Waals surface area contributed by atoms with Gasteiger partial charge >= 0.3 is 0 Å². The van der Waals surface area contributed by atoms with Crippen LogP contribution >= 0.6 is 7.92 Å². The minimum absolute atomic E-state index is 0.446. The van der Waals surface area contributed by atoms with E-state index in [0.717, 1.165) is 11.1 Å². The first-order valence-electron chi connectivity index (χ1n) is 13.3. The van der Waals surface area contributed by atoms with Crippen LogP contribution in [0, 0.1) is 0 Å². The van der Waals surface area contributed by atoms with Crippen molar-refractivity contribution in [3.63, 3.8) is 0 Å². The maximum Gasteiger partial charge on any atom is 0.123 e. The summed E-state index contributed by atoms with van der Waals surface area (Å²) in [6.45, 7) is 8.01. The third kappa shape index (κ3) is 7.97. The molecule has 0 aliphatic rings. The zero-order chi connectivity index (χ0) is 27.6. The molecular formula is C36H37O2P. The number of hydrogen-bond donors (Lipinski definition) is 0. The smallest absolute Gasteiger partial charge is 0.123 e. The van der Waals surface area contributed by atoms with Gasteiger partial charge in [0, 0.05) is 0 Å². The Morgan fingerprint density at radius 3 is 0.846 bits per heavy atom. The van der Waals surface area contributed by atoms with E-state index in [2.05, 4.69) is 91.0 Å². The molecule has 5 aromatic rings. The zero-order valence-electron chi connectivity index (χ0n) is 23.2. The van der Waals surface area contributed by atoms with Crippen molar-refractivity contribution in [2.24, 2.45) is 0 Å². The second-order valence-corrected chi connectivity index (χ2v) is 12.5. The fraction of sp³-hybridized carbons (Fsp3) is 0.167. The van der Waals surface area contributed by atoms with Crippen LogP contribution in [-0.4, -0.2) is 0 Å². The summed E-state index contributed by atoms with van der Waals surface area (Å²) in [6, 6.07) is 52.5. The highest BCUT2D eigenvalue weighted by molar-refractivity contribution is 7.79. The second-order valence-electron chi connectivity index (χ2n) is 10.3. The zero-order valence-corrected chi connectivity index (χ0v) is 24.1. The van der Waals surface area contributed by atoms with E-state index in [1.165, 1.54) is 15.9 Å². The Kier molecular flexibility index (Phi) is 9.85. The van der Waals surface area contributed by atoms with Crippen LogP contribution in [0.4, 0.5) is 0 Å². The summed E-state index contributed by atoms with van der Waals surface area (Å²) >= 11 is 0. The Morgan fingerprint density at radius 2 is 0.590 bits per heavy atom. The maximum atomic E-state index is 5.73. The summed E-state index contributed by atoms with van der Waals surface area (Å²) in [5, 5.41) is 4.19. The molecule has 0 aromatic heterocycles. The highest BCUT2D eigenvalue weighted by Crippen LogP contribution is 2.33. The molecule has 0 aliphatic carbocycles. The average molecular weight is 533 g/mol. The molecule has 0 atom stereocenters. The molecule has 39 heavy (non-hydrogen) atoms. The SMILES string of the molecule is CC(C)(OOC(C)(C)c1ccccc1)c1ccccc1.c1ccc(P(c2ccccc2)c2ccccc2)cc1. The average Bonchev–Trinajstić information content (AvgIpc) is 2.99. The number of hydrogen-bond acceptors (Lipinski definition) is 2. The van der Waals surface area contributed by atoms with E-state index in [1.54, 1.807) is 0 Å². The lowest BCUT2D eigenvalue weighted by molar-refractivity contribution is -0.410. The van der Waals surface area contributed by atoms with Crippen molar-refractivity contribution in [3.05, 3.63) is 163 Å². The molecule has 0 N–H and O–H groups in total. The molecule has 0 heterocycles. The van der Waals surface area contributed by atoms with E-state index in [1.807, 2.05) is 88.4 Å². The van der Waals surface area contributed by atoms with Gasteiger partial charge < -0.3 is 0 Å². The summed E-state index contributed by atoms with van der Waals surface area (Å²) in [5.41, 5.74) is 1.19. The molecule has 5 aromatic carbocycles. The summed E-state index contributed by atoms with van der Waals surface area (Å²) in [6.07, 6.45) is 0. The minimum Gasteiger partial charge on any atom is -0.225 e. The van der Waals surface area contributed by atoms with E-state index in [-0.39, 0.29) is 0 Å². The molecule has 0 bridgehead atoms. The van der Waals surface area contributed by atoms with Crippen molar-refractivity contribution in [3.8, 4) is 0 Å². The lowest BCUT2D eigenvalue weighted by atomic mass is 9.98. The largest absolute Gasteiger partial charge is 0.225 e. The Balaban J connectivity index is 0.000000181. The van der Waals surface area contributed by atoms with Gasteiger partial charge in [0.05, 0.1) is 0 Å². The minimum atomic E-state index is -0.493. The van der Waals surface area contributed by atoms with Crippen molar-refractivity contribution in [1.82, 2.24) is 0 Å². The number of rotatable bonds is 8. The van der Waals surface area contributed by atoms with Crippen molar-refractivity contribution < 1.29 is 9.78 Å². The molecule has 0 fully saturated rings. The molecule has 0 saturated carbocycles. The summed E-state index contributed by atoms with van der Waals surface area (Å²) < 4.78 is 0. The van der Waals surface area contributed by atoms with Crippen LogP contribution in [0.25, 0.3) is 0 Å². The predicted octanol–water partition coefficient (Wildman–Crippen LogP) is 8.25. The first-order valence-corrected chi connectivity index (χ1v) is 14.6. The third-order valence-corrected chi connectivity index (χ3v) is 8.88. The standard InChI is InChI=1S/C18H22O2.C18H15P/c1-17(2,15-11-7-5-8-12-15)19-20-18(3,4)16-13-9-6-10-14-16;1-4-10-16(11-5-1)19(17-12-6-2-7-13-17)18-14-8-3-9-15-18/h5-14H,1-4H3;1-15H. The van der Waals surface area contributed by atoms with Crippen LogP contribution in [0.3, 0.4) is 0 Å². The first-order chi connectivity index (χ1) is 18.9. The quantitative estimate of drug-likeness (QED) is 0.114. The molecule has 0 aliphatic heterocycles. The van der Waals surface area contributed by atoms with Crippen LogP contribution in [-0.2, 0) is 21.0 Å². The van der Waals surface area contributed by atoms with Crippen LogP contribution < -0.4 is 15.9 Å². The topological polar surface area (TPSA) is 18.5 Å². The van der Waals surface area contributed by atoms with Gasteiger partial charge in [-0.2, -0.15) is 0 Å². The normalized spacial score (nSPS) is 11.5. The predicted molar refractivity (Wildman–Crippen MR) is 166 cm³/mol. The van der Waals surface area contributed by atoms with Gasteiger partial charge in [-0.05, 0) is 62.7 Å². The Hall–Kier alpha value is -3.55. The van der Waals surface area contributed by atoms with Gasteiger partial charge in [-0.3, -0.25) is 0 Å². The molecule has 2 nitrogen and oxygen atoms in total. The molecular weight excluding hydrogens is 495 g/mol. The van der Waals surface area contributed by atoms with Crippen molar-refractivity contribution in [2.75, 3.05) is 0 Å². The fourth-order valence-corrected chi connectivity index (χ4v) is 6.47. The Bertz CT molecular complexity index is 1230. The Labute approximate surface area is 235 Å². The van der Waals surface area contributed by atoms with E-state index >= 15 is 0 Å². The molecule has 0 radical (unpaired) electrons. The van der Waals surface area contributed by atoms with E-state index in [9.17, 15) is 0 Å². The van der Waals surface area contributed by atoms with Crippen LogP contribution in [0.15, 0.2) is 152 Å². The Morgan fingerprint density at radius 1 is 0.359 bits per heavy atom. The van der Waals surface area contributed by atoms with Gasteiger partial charge in [-0.25, -0.2) is 9.78 Å². The lowest BCUT2D eigenvalue weighted by Crippen LogP contribution is -2.29. The van der Waals surface area contributed by atoms with Gasteiger partial charge in [-0.15, -0.1) is 0 Å². The number of benzene rings is 5. The fourth-order valence-electron chi connectivity index (χ4n) is 4.16. The van der Waals surface area contributed by atoms with Crippen molar-refractivity contribution in [1.29, 1.82) is 0 Å². The van der Waals surface area contributed by atoms with Crippen LogP contribution in [0.5, 0.6) is 0 Å². The first kappa shape index (κ1) is 28.5. The molecule has 198 valence electrons. The van der Waals surface area contributed by atoms with Crippen LogP contribution in [0.2, 0.25) is 0 Å². The van der Waals surface area contributed by atoms with Gasteiger partial charge in [0.25, 0.3) is 0 Å². The van der Waals surface area contributed by atoms with Gasteiger partial charge in [-0.1, -0.05) is 152 Å². The molecule has 0 unspecified atom stereocenters. The highest BCUT2D eigenvalue weighted by atomic mass is 31.1. The van der Waals surface area contributed by atoms with Crippen LogP contribution in [0.1, 0.15) is 38.8 Å². The maximum absolute atomic E-state index is 5.73. The third-order valence-electron chi connectivity index (χ3n) is 6.44.